The van der Waals surface area contributed by atoms with E-state index in [2.05, 4.69) is 11.5 Å². The van der Waals surface area contributed by atoms with Crippen LogP contribution in [0.25, 0.3) is 0 Å². The minimum absolute atomic E-state index is 0.0242. The summed E-state index contributed by atoms with van der Waals surface area (Å²) in [6, 6.07) is 0. The zero-order valence-electron chi connectivity index (χ0n) is 10.3. The van der Waals surface area contributed by atoms with Gasteiger partial charge in [-0.2, -0.15) is 0 Å². The van der Waals surface area contributed by atoms with E-state index in [1.165, 1.54) is 6.08 Å². The molecule has 0 aliphatic heterocycles. The molecule has 2 atom stereocenters. The average molecular weight is 254 g/mol. The van der Waals surface area contributed by atoms with E-state index in [0.29, 0.717) is 0 Å². The highest BCUT2D eigenvalue weighted by Crippen LogP contribution is 2.28. The van der Waals surface area contributed by atoms with E-state index in [-0.39, 0.29) is 18.4 Å². The van der Waals surface area contributed by atoms with Crippen molar-refractivity contribution >= 4 is 14.0 Å². The van der Waals surface area contributed by atoms with Crippen LogP contribution in [0.5, 0.6) is 0 Å². The number of hydrogen-bond acceptors (Lipinski definition) is 3. The molecule has 1 aliphatic rings. The number of carbonyl (C=O) groups is 1. The maximum Gasteiger partial charge on any atom is 0.331 e. The van der Waals surface area contributed by atoms with E-state index in [1.54, 1.807) is 0 Å². The van der Waals surface area contributed by atoms with E-state index in [1.807, 2.05) is 19.6 Å². The number of aliphatic hydroxyl groups is 2. The molecule has 0 amide bonds. The summed E-state index contributed by atoms with van der Waals surface area (Å²) in [7, 11) is -1.63. The van der Waals surface area contributed by atoms with Gasteiger partial charge in [-0.25, -0.2) is 4.79 Å². The summed E-state index contributed by atoms with van der Waals surface area (Å²) in [5, 5.41) is 28.6. The lowest BCUT2D eigenvalue weighted by atomic mass is 9.84. The normalized spacial score (nSPS) is 29.0. The summed E-state index contributed by atoms with van der Waals surface area (Å²) < 4.78 is 0. The van der Waals surface area contributed by atoms with Crippen molar-refractivity contribution < 1.29 is 20.1 Å². The van der Waals surface area contributed by atoms with Crippen LogP contribution in [-0.4, -0.2) is 41.1 Å². The Morgan fingerprint density at radius 2 is 2.12 bits per heavy atom. The van der Waals surface area contributed by atoms with Gasteiger partial charge in [-0.1, -0.05) is 25.6 Å². The molecule has 0 heterocycles. The molecule has 1 aliphatic carbocycles. The Labute approximate surface area is 102 Å². The van der Waals surface area contributed by atoms with Gasteiger partial charge in [0.05, 0.1) is 6.10 Å². The molecule has 17 heavy (non-hydrogen) atoms. The van der Waals surface area contributed by atoms with Crippen LogP contribution < -0.4 is 0 Å². The van der Waals surface area contributed by atoms with Gasteiger partial charge in [-0.15, -0.1) is 5.54 Å². The predicted octanol–water partition coefficient (Wildman–Crippen LogP) is 0.764. The Balaban J connectivity index is 2.96. The van der Waals surface area contributed by atoms with Gasteiger partial charge in [0.1, 0.15) is 13.7 Å². The molecule has 0 fully saturated rings. The molecule has 0 saturated carbocycles. The molecule has 3 N–H and O–H groups in total. The second kappa shape index (κ2) is 4.65. The highest BCUT2D eigenvalue weighted by atomic mass is 28.3. The van der Waals surface area contributed by atoms with Crippen LogP contribution in [0.3, 0.4) is 0 Å². The van der Waals surface area contributed by atoms with E-state index in [4.69, 9.17) is 5.11 Å². The highest BCUT2D eigenvalue weighted by Gasteiger charge is 2.35. The number of rotatable bonds is 1. The minimum Gasteiger partial charge on any atom is -0.478 e. The van der Waals surface area contributed by atoms with E-state index >= 15 is 0 Å². The first kappa shape index (κ1) is 14.0. The molecule has 0 unspecified atom stereocenters. The van der Waals surface area contributed by atoms with E-state index in [9.17, 15) is 15.0 Å². The molecule has 0 bridgehead atoms. The van der Waals surface area contributed by atoms with Crippen LogP contribution in [-0.2, 0) is 4.79 Å². The molecule has 0 saturated heterocycles. The van der Waals surface area contributed by atoms with Gasteiger partial charge in [0, 0.05) is 18.4 Å². The van der Waals surface area contributed by atoms with Crippen molar-refractivity contribution in [3.05, 3.63) is 11.6 Å². The van der Waals surface area contributed by atoms with E-state index < -0.39 is 25.7 Å². The average Bonchev–Trinajstić information content (AvgIpc) is 2.12. The molecule has 5 heteroatoms. The lowest BCUT2D eigenvalue weighted by Gasteiger charge is -2.29. The van der Waals surface area contributed by atoms with Crippen molar-refractivity contribution in [3.8, 4) is 11.5 Å². The van der Waals surface area contributed by atoms with Gasteiger partial charge >= 0.3 is 5.97 Å². The molecule has 94 valence electrons. The first-order valence-electron chi connectivity index (χ1n) is 5.50. The number of carboxylic acid groups (broad SMARTS) is 1. The number of carboxylic acids is 1. The first-order chi connectivity index (χ1) is 7.61. The fourth-order valence-corrected chi connectivity index (χ4v) is 2.24. The van der Waals surface area contributed by atoms with Crippen LogP contribution in [0, 0.1) is 11.5 Å². The fourth-order valence-electron chi connectivity index (χ4n) is 1.63. The van der Waals surface area contributed by atoms with E-state index in [0.717, 1.165) is 0 Å². The van der Waals surface area contributed by atoms with Crippen molar-refractivity contribution in [2.75, 3.05) is 0 Å². The van der Waals surface area contributed by atoms with Gasteiger partial charge in [0.2, 0.25) is 0 Å². The third kappa shape index (κ3) is 4.34. The standard InChI is InChI=1S/C12H18O4Si/c1-17(2,3)5-4-12(16)7-9(11(14)15)6-10(13)8-12/h6,10,13,16H,7-8H2,1-3H3,(H,14,15)/t10-,12+/m0/s1. The molecular weight excluding hydrogens is 236 g/mol. The SMILES string of the molecule is C[Si](C)(C)C#C[C@@]1(O)CC(C(=O)O)=C[C@H](O)C1. The first-order valence-corrected chi connectivity index (χ1v) is 9.00. The smallest absolute Gasteiger partial charge is 0.331 e. The van der Waals surface area contributed by atoms with Gasteiger partial charge in [0.25, 0.3) is 0 Å². The highest BCUT2D eigenvalue weighted by molar-refractivity contribution is 6.83. The quantitative estimate of drug-likeness (QED) is 0.477. The molecule has 0 aromatic heterocycles. The maximum absolute atomic E-state index is 10.9. The van der Waals surface area contributed by atoms with Gasteiger partial charge in [0.15, 0.2) is 0 Å². The van der Waals surface area contributed by atoms with Gasteiger partial charge in [-0.3, -0.25) is 0 Å². The summed E-state index contributed by atoms with van der Waals surface area (Å²) >= 11 is 0. The van der Waals surface area contributed by atoms with Crippen molar-refractivity contribution in [2.45, 2.75) is 44.2 Å². The number of aliphatic hydroxyl groups excluding tert-OH is 1. The van der Waals surface area contributed by atoms with Crippen molar-refractivity contribution in [3.63, 3.8) is 0 Å². The van der Waals surface area contributed by atoms with Crippen LogP contribution >= 0.6 is 0 Å². The summed E-state index contributed by atoms with van der Waals surface area (Å²) in [4.78, 5) is 10.9. The van der Waals surface area contributed by atoms with Crippen LogP contribution in [0.15, 0.2) is 11.6 Å². The summed E-state index contributed by atoms with van der Waals surface area (Å²) in [5.41, 5.74) is 1.63. The Hall–Kier alpha value is -1.09. The largest absolute Gasteiger partial charge is 0.478 e. The molecule has 0 aromatic rings. The summed E-state index contributed by atoms with van der Waals surface area (Å²) in [6.45, 7) is 6.11. The Morgan fingerprint density at radius 3 is 2.59 bits per heavy atom. The second-order valence-corrected chi connectivity index (χ2v) is 10.2. The van der Waals surface area contributed by atoms with Crippen molar-refractivity contribution in [1.82, 2.24) is 0 Å². The molecule has 1 rings (SSSR count). The third-order valence-corrected chi connectivity index (χ3v) is 3.24. The minimum atomic E-state index is -1.63. The van der Waals surface area contributed by atoms with Crippen molar-refractivity contribution in [2.24, 2.45) is 0 Å². The third-order valence-electron chi connectivity index (χ3n) is 2.37. The van der Waals surface area contributed by atoms with Gasteiger partial charge in [-0.05, 0) is 6.08 Å². The lowest BCUT2D eigenvalue weighted by Crippen LogP contribution is -2.37. The predicted molar refractivity (Wildman–Crippen MR) is 67.0 cm³/mol. The maximum atomic E-state index is 10.9. The van der Waals surface area contributed by atoms with Gasteiger partial charge < -0.3 is 15.3 Å². The fraction of sp³-hybridized carbons (Fsp3) is 0.583. The van der Waals surface area contributed by atoms with Crippen LogP contribution in [0.4, 0.5) is 0 Å². The number of aliphatic carboxylic acids is 1. The second-order valence-electron chi connectivity index (χ2n) is 5.48. The number of hydrogen-bond donors (Lipinski definition) is 3. The molecule has 0 spiro atoms. The lowest BCUT2D eigenvalue weighted by molar-refractivity contribution is -0.133. The summed E-state index contributed by atoms with van der Waals surface area (Å²) in [6.07, 6.45) is 0.362. The Bertz CT molecular complexity index is 410. The zero-order chi connectivity index (χ0) is 13.3. The van der Waals surface area contributed by atoms with Crippen LogP contribution in [0.1, 0.15) is 12.8 Å². The zero-order valence-corrected chi connectivity index (χ0v) is 11.3. The summed E-state index contributed by atoms with van der Waals surface area (Å²) in [5.74, 6) is 1.64. The van der Waals surface area contributed by atoms with Crippen molar-refractivity contribution in [1.29, 1.82) is 0 Å². The van der Waals surface area contributed by atoms with Crippen LogP contribution in [0.2, 0.25) is 19.6 Å². The molecular formula is C12H18O4Si. The molecule has 0 aromatic carbocycles. The Morgan fingerprint density at radius 1 is 1.53 bits per heavy atom. The topological polar surface area (TPSA) is 77.8 Å². The molecule has 0 radical (unpaired) electrons. The monoisotopic (exact) mass is 254 g/mol. The molecule has 4 nitrogen and oxygen atoms in total. The Kier molecular flexibility index (Phi) is 3.82.